The Bertz CT molecular complexity index is 605. The fourth-order valence-corrected chi connectivity index (χ4v) is 3.25. The number of hydrogen-bond acceptors (Lipinski definition) is 3. The van der Waals surface area contributed by atoms with E-state index in [1.54, 1.807) is 6.07 Å². The number of phenols is 1. The van der Waals surface area contributed by atoms with E-state index in [0.29, 0.717) is 12.4 Å². The van der Waals surface area contributed by atoms with Crippen LogP contribution in [0.5, 0.6) is 5.75 Å². The first-order valence-electron chi connectivity index (χ1n) is 11.0. The molecule has 2 aliphatic rings. The molecule has 0 saturated heterocycles. The molecule has 0 heterocycles. The van der Waals surface area contributed by atoms with Gasteiger partial charge in [0.2, 0.25) is 0 Å². The molecule has 1 atom stereocenters. The summed E-state index contributed by atoms with van der Waals surface area (Å²) in [5.74, 6) is 0.401. The Morgan fingerprint density at radius 1 is 1.00 bits per heavy atom. The second-order valence-corrected chi connectivity index (χ2v) is 10.4. The number of hydrogen-bond donors (Lipinski definition) is 1. The molecular formula is C25H42O3. The third kappa shape index (κ3) is 9.61. The molecule has 3 nitrogen and oxygen atoms in total. The summed E-state index contributed by atoms with van der Waals surface area (Å²) in [6, 6.07) is 5.57. The van der Waals surface area contributed by atoms with Crippen molar-refractivity contribution in [3.8, 4) is 16.9 Å². The van der Waals surface area contributed by atoms with Gasteiger partial charge in [-0.25, -0.2) is 0 Å². The van der Waals surface area contributed by atoms with Crippen LogP contribution in [0.1, 0.15) is 93.4 Å². The molecule has 1 unspecified atom stereocenters. The molecule has 0 fully saturated rings. The number of benzene rings is 1. The maximum Gasteiger partial charge on any atom is 0.309 e. The summed E-state index contributed by atoms with van der Waals surface area (Å²) < 4.78 is 5.54. The Balaban J connectivity index is 0.000000453. The number of carbonyl (C=O) groups excluding carboxylic acids is 1. The minimum absolute atomic E-state index is 0.00835. The Hall–Kier alpha value is -1.51. The zero-order valence-corrected chi connectivity index (χ0v) is 19.2. The topological polar surface area (TPSA) is 46.5 Å². The van der Waals surface area contributed by atoms with E-state index >= 15 is 0 Å². The number of aromatic hydroxyl groups is 1. The van der Waals surface area contributed by atoms with Crippen molar-refractivity contribution in [2.45, 2.75) is 93.4 Å². The van der Waals surface area contributed by atoms with Crippen molar-refractivity contribution in [1.29, 1.82) is 0 Å². The number of carbonyl (C=O) groups is 1. The lowest BCUT2D eigenvalue weighted by Crippen LogP contribution is -2.33. The van der Waals surface area contributed by atoms with E-state index < -0.39 is 0 Å². The summed E-state index contributed by atoms with van der Waals surface area (Å²) >= 11 is 0. The number of ether oxygens (including phenoxy) is 1. The molecule has 0 saturated carbocycles. The van der Waals surface area contributed by atoms with Gasteiger partial charge in [-0.1, -0.05) is 86.6 Å². The molecule has 28 heavy (non-hydrogen) atoms. The first kappa shape index (κ1) is 24.5. The molecule has 0 aliphatic heterocycles. The highest BCUT2D eigenvalue weighted by molar-refractivity contribution is 5.86. The fourth-order valence-electron chi connectivity index (χ4n) is 3.25. The minimum Gasteiger partial charge on any atom is -0.507 e. The largest absolute Gasteiger partial charge is 0.507 e. The average Bonchev–Trinajstić information content (AvgIpc) is 3.27. The van der Waals surface area contributed by atoms with Crippen LogP contribution in [0.25, 0.3) is 11.1 Å². The molecule has 0 aromatic carbocycles. The molecule has 1 N–H and O–H groups in total. The van der Waals surface area contributed by atoms with Crippen LogP contribution >= 0.6 is 0 Å². The summed E-state index contributed by atoms with van der Waals surface area (Å²) in [6.45, 7) is 15.8. The monoisotopic (exact) mass is 390 g/mol. The summed E-state index contributed by atoms with van der Waals surface area (Å²) in [7, 11) is 0. The molecule has 0 bridgehead atoms. The van der Waals surface area contributed by atoms with Gasteiger partial charge in [-0.15, -0.1) is 0 Å². The van der Waals surface area contributed by atoms with Crippen molar-refractivity contribution >= 4 is 5.97 Å². The highest BCUT2D eigenvalue weighted by atomic mass is 16.5. The molecule has 0 spiro atoms. The first-order chi connectivity index (χ1) is 13.0. The van der Waals surface area contributed by atoms with Crippen LogP contribution < -0.4 is 0 Å². The van der Waals surface area contributed by atoms with E-state index in [2.05, 4.69) is 48.5 Å². The summed E-state index contributed by atoms with van der Waals surface area (Å²) in [6.07, 6.45) is 8.21. The lowest BCUT2D eigenvalue weighted by Gasteiger charge is -2.33. The van der Waals surface area contributed by atoms with E-state index in [1.165, 1.54) is 37.7 Å². The predicted octanol–water partition coefficient (Wildman–Crippen LogP) is 7.36. The van der Waals surface area contributed by atoms with Crippen molar-refractivity contribution in [2.75, 3.05) is 6.61 Å². The van der Waals surface area contributed by atoms with Crippen molar-refractivity contribution in [3.63, 3.8) is 0 Å². The Kier molecular flexibility index (Phi) is 9.53. The maximum absolute atomic E-state index is 12.4. The summed E-state index contributed by atoms with van der Waals surface area (Å²) in [4.78, 5) is 12.4. The standard InChI is InChI=1S/C19H38O2.C6H4O/c1-8-9-10-11-12-13-14-21-17(20)16(19(5,6)7)15-18(2,3)4;7-6-2-1-4-3-5(4)6/h16H,8-15H2,1-7H3;1-3,7H. The van der Waals surface area contributed by atoms with Crippen molar-refractivity contribution in [1.82, 2.24) is 0 Å². The van der Waals surface area contributed by atoms with Gasteiger partial charge in [0, 0.05) is 5.56 Å². The van der Waals surface area contributed by atoms with Gasteiger partial charge in [0.15, 0.2) is 0 Å². The number of fused-ring (bicyclic) bond motifs is 1. The lowest BCUT2D eigenvalue weighted by molar-refractivity contribution is -0.154. The van der Waals surface area contributed by atoms with Gasteiger partial charge in [0.25, 0.3) is 0 Å². The molecule has 2 aliphatic carbocycles. The number of esters is 1. The van der Waals surface area contributed by atoms with Gasteiger partial charge < -0.3 is 9.84 Å². The third-order valence-corrected chi connectivity index (χ3v) is 5.11. The second kappa shape index (κ2) is 10.9. The number of unbranched alkanes of at least 4 members (excludes halogenated alkanes) is 5. The van der Waals surface area contributed by atoms with Gasteiger partial charge >= 0.3 is 5.97 Å². The highest BCUT2D eigenvalue weighted by Gasteiger charge is 2.35. The second-order valence-electron chi connectivity index (χ2n) is 10.4. The van der Waals surface area contributed by atoms with Gasteiger partial charge in [0.05, 0.1) is 12.5 Å². The molecule has 160 valence electrons. The Morgan fingerprint density at radius 2 is 1.61 bits per heavy atom. The average molecular weight is 391 g/mol. The van der Waals surface area contributed by atoms with Crippen LogP contribution in [0.3, 0.4) is 0 Å². The quantitative estimate of drug-likeness (QED) is 0.359. The van der Waals surface area contributed by atoms with Crippen LogP contribution in [0, 0.1) is 16.7 Å². The molecular weight excluding hydrogens is 348 g/mol. The predicted molar refractivity (Wildman–Crippen MR) is 118 cm³/mol. The molecule has 0 aromatic rings. The summed E-state index contributed by atoms with van der Waals surface area (Å²) in [5.41, 5.74) is 2.33. The zero-order valence-electron chi connectivity index (χ0n) is 19.2. The van der Waals surface area contributed by atoms with Crippen LogP contribution in [0.2, 0.25) is 0 Å². The van der Waals surface area contributed by atoms with Crippen LogP contribution in [0.4, 0.5) is 0 Å². The van der Waals surface area contributed by atoms with Crippen LogP contribution in [-0.4, -0.2) is 17.7 Å². The van der Waals surface area contributed by atoms with E-state index in [-0.39, 0.29) is 22.7 Å². The molecule has 2 rings (SSSR count). The first-order valence-corrected chi connectivity index (χ1v) is 11.0. The molecule has 0 amide bonds. The molecule has 3 heteroatoms. The zero-order chi connectivity index (χ0) is 21.4. The van der Waals surface area contributed by atoms with E-state index in [1.807, 2.05) is 12.1 Å². The minimum atomic E-state index is -0.0362. The van der Waals surface area contributed by atoms with Crippen molar-refractivity contribution < 1.29 is 14.6 Å². The number of phenolic OH excluding ortho intramolecular Hbond substituents is 1. The third-order valence-electron chi connectivity index (χ3n) is 5.11. The van der Waals surface area contributed by atoms with Crippen molar-refractivity contribution in [3.05, 3.63) is 18.2 Å². The van der Waals surface area contributed by atoms with E-state index in [4.69, 9.17) is 9.84 Å². The number of rotatable bonds is 9. The fraction of sp³-hybridized carbons (Fsp3) is 0.720. The molecule has 0 aromatic heterocycles. The van der Waals surface area contributed by atoms with E-state index in [9.17, 15) is 4.79 Å². The Labute approximate surface area is 172 Å². The lowest BCUT2D eigenvalue weighted by atomic mass is 9.72. The van der Waals surface area contributed by atoms with E-state index in [0.717, 1.165) is 18.4 Å². The smallest absolute Gasteiger partial charge is 0.309 e. The van der Waals surface area contributed by atoms with Gasteiger partial charge in [0.1, 0.15) is 5.75 Å². The summed E-state index contributed by atoms with van der Waals surface area (Å²) in [5, 5.41) is 8.78. The highest BCUT2D eigenvalue weighted by Crippen LogP contribution is 2.42. The van der Waals surface area contributed by atoms with Gasteiger partial charge in [-0.3, -0.25) is 4.79 Å². The van der Waals surface area contributed by atoms with Crippen LogP contribution in [-0.2, 0) is 9.53 Å². The van der Waals surface area contributed by atoms with Crippen LogP contribution in [0.15, 0.2) is 18.2 Å². The maximum atomic E-state index is 12.4. The SMILES string of the molecule is CCCCCCCCOC(=O)C(CC(C)(C)C)C(C)(C)C.Oc1ccc2cc1-2. The molecule has 0 radical (unpaired) electrons. The van der Waals surface area contributed by atoms with Gasteiger partial charge in [-0.05, 0) is 41.4 Å². The normalized spacial score (nSPS) is 13.4. The van der Waals surface area contributed by atoms with Gasteiger partial charge in [-0.2, -0.15) is 0 Å². The Morgan fingerprint density at radius 3 is 2.00 bits per heavy atom. The van der Waals surface area contributed by atoms with Crippen molar-refractivity contribution in [2.24, 2.45) is 16.7 Å².